The van der Waals surface area contributed by atoms with E-state index in [1.165, 1.54) is 0 Å². The lowest BCUT2D eigenvalue weighted by Crippen LogP contribution is -2.24. The van der Waals surface area contributed by atoms with Gasteiger partial charge in [-0.25, -0.2) is 4.98 Å². The third-order valence-electron chi connectivity index (χ3n) is 5.56. The van der Waals surface area contributed by atoms with Crippen LogP contribution >= 0.6 is 23.2 Å². The van der Waals surface area contributed by atoms with Gasteiger partial charge in [0.05, 0.1) is 6.61 Å². The summed E-state index contributed by atoms with van der Waals surface area (Å²) in [6, 6.07) is 11.3. The summed E-state index contributed by atoms with van der Waals surface area (Å²) in [6.07, 6.45) is 4.05. The fourth-order valence-corrected chi connectivity index (χ4v) is 4.24. The predicted octanol–water partition coefficient (Wildman–Crippen LogP) is 4.61. The lowest BCUT2D eigenvalue weighted by molar-refractivity contribution is 0.228. The molecule has 3 aromatic rings. The zero-order chi connectivity index (χ0) is 22.0. The zero-order valence-electron chi connectivity index (χ0n) is 17.1. The summed E-state index contributed by atoms with van der Waals surface area (Å²) in [4.78, 5) is 8.93. The topological polar surface area (TPSA) is 93.3 Å². The number of nitrogens with one attached hydrogen (secondary N) is 1. The number of rotatable bonds is 6. The third kappa shape index (κ3) is 4.93. The standard InChI is InChI=1S/C23H24Cl2N4O2/c1-13(19-8-17(24)3-4-20(19)25)31-22-7-15(10-29-23(22)26)14-2-5-21(28-9-14)16-6-18(12-30)27-11-16/h2-5,7-10,13,16,18,27,30H,6,11-12H2,1H3,(H2,26,29)/t13?,16?,18-/m0/s1. The number of hydrogen-bond acceptors (Lipinski definition) is 6. The van der Waals surface area contributed by atoms with Crippen molar-refractivity contribution in [3.8, 4) is 16.9 Å². The number of hydrogen-bond donors (Lipinski definition) is 3. The molecular weight excluding hydrogens is 435 g/mol. The molecular formula is C23H24Cl2N4O2. The van der Waals surface area contributed by atoms with Crippen molar-refractivity contribution in [1.29, 1.82) is 0 Å². The van der Waals surface area contributed by atoms with E-state index in [0.717, 1.165) is 35.3 Å². The number of aromatic nitrogens is 2. The van der Waals surface area contributed by atoms with Gasteiger partial charge in [-0.3, -0.25) is 4.98 Å². The maximum Gasteiger partial charge on any atom is 0.166 e. The average molecular weight is 459 g/mol. The van der Waals surface area contributed by atoms with Gasteiger partial charge in [0.1, 0.15) is 6.10 Å². The molecule has 8 heteroatoms. The summed E-state index contributed by atoms with van der Waals surface area (Å²) in [5.74, 6) is 1.07. The normalized spacial score (nSPS) is 19.4. The van der Waals surface area contributed by atoms with Gasteiger partial charge in [-0.2, -0.15) is 0 Å². The van der Waals surface area contributed by atoms with E-state index in [0.29, 0.717) is 27.5 Å². The van der Waals surface area contributed by atoms with Crippen molar-refractivity contribution in [2.45, 2.75) is 31.4 Å². The minimum absolute atomic E-state index is 0.141. The second-order valence-corrected chi connectivity index (χ2v) is 8.57. The second kappa shape index (κ2) is 9.40. The minimum atomic E-state index is -0.361. The Bertz CT molecular complexity index is 1060. The van der Waals surface area contributed by atoms with Gasteiger partial charge in [-0.1, -0.05) is 29.3 Å². The van der Waals surface area contributed by atoms with Crippen molar-refractivity contribution < 1.29 is 9.84 Å². The van der Waals surface area contributed by atoms with Crippen LogP contribution in [0.4, 0.5) is 5.82 Å². The van der Waals surface area contributed by atoms with E-state index in [1.54, 1.807) is 24.4 Å². The van der Waals surface area contributed by atoms with E-state index < -0.39 is 0 Å². The van der Waals surface area contributed by atoms with Gasteiger partial charge in [-0.15, -0.1) is 0 Å². The molecule has 2 aromatic heterocycles. The molecule has 6 nitrogen and oxygen atoms in total. The molecule has 1 fully saturated rings. The molecule has 0 bridgehead atoms. The van der Waals surface area contributed by atoms with Crippen LogP contribution in [0.15, 0.2) is 48.8 Å². The molecule has 3 atom stereocenters. The molecule has 162 valence electrons. The number of ether oxygens (including phenoxy) is 1. The van der Waals surface area contributed by atoms with Crippen molar-refractivity contribution in [3.63, 3.8) is 0 Å². The molecule has 0 amide bonds. The highest BCUT2D eigenvalue weighted by atomic mass is 35.5. The van der Waals surface area contributed by atoms with Crippen molar-refractivity contribution in [2.24, 2.45) is 0 Å². The van der Waals surface area contributed by atoms with Gasteiger partial charge in [-0.05, 0) is 43.7 Å². The monoisotopic (exact) mass is 458 g/mol. The molecule has 3 heterocycles. The highest BCUT2D eigenvalue weighted by molar-refractivity contribution is 6.33. The molecule has 1 aliphatic heterocycles. The molecule has 4 rings (SSSR count). The van der Waals surface area contributed by atoms with Crippen LogP contribution in [0.1, 0.15) is 36.6 Å². The van der Waals surface area contributed by atoms with Crippen molar-refractivity contribution in [1.82, 2.24) is 15.3 Å². The summed E-state index contributed by atoms with van der Waals surface area (Å²) in [5.41, 5.74) is 9.61. The number of aliphatic hydroxyl groups excluding tert-OH is 1. The Labute approximate surface area is 191 Å². The first-order valence-electron chi connectivity index (χ1n) is 10.1. The summed E-state index contributed by atoms with van der Waals surface area (Å²) in [5, 5.41) is 13.8. The maximum absolute atomic E-state index is 9.31. The van der Waals surface area contributed by atoms with E-state index in [2.05, 4.69) is 15.3 Å². The lowest BCUT2D eigenvalue weighted by Gasteiger charge is -2.18. The largest absolute Gasteiger partial charge is 0.482 e. The second-order valence-electron chi connectivity index (χ2n) is 7.73. The fraction of sp³-hybridized carbons (Fsp3) is 0.304. The zero-order valence-corrected chi connectivity index (χ0v) is 18.6. The first-order chi connectivity index (χ1) is 14.9. The Morgan fingerprint density at radius 3 is 2.68 bits per heavy atom. The fourth-order valence-electron chi connectivity index (χ4n) is 3.79. The third-order valence-corrected chi connectivity index (χ3v) is 6.14. The summed E-state index contributed by atoms with van der Waals surface area (Å²) in [6.45, 7) is 2.85. The van der Waals surface area contributed by atoms with Crippen molar-refractivity contribution >= 4 is 29.0 Å². The van der Waals surface area contributed by atoms with E-state index in [-0.39, 0.29) is 18.8 Å². The van der Waals surface area contributed by atoms with E-state index in [4.69, 9.17) is 33.7 Å². The van der Waals surface area contributed by atoms with Crippen LogP contribution in [0.3, 0.4) is 0 Å². The quantitative estimate of drug-likeness (QED) is 0.499. The smallest absolute Gasteiger partial charge is 0.166 e. The van der Waals surface area contributed by atoms with Crippen molar-refractivity contribution in [2.75, 3.05) is 18.9 Å². The van der Waals surface area contributed by atoms with Gasteiger partial charge >= 0.3 is 0 Å². The molecule has 2 unspecified atom stereocenters. The van der Waals surface area contributed by atoms with E-state index >= 15 is 0 Å². The maximum atomic E-state index is 9.31. The summed E-state index contributed by atoms with van der Waals surface area (Å²) >= 11 is 12.4. The summed E-state index contributed by atoms with van der Waals surface area (Å²) in [7, 11) is 0. The Balaban J connectivity index is 1.53. The first kappa shape index (κ1) is 21.8. The number of anilines is 1. The number of halogens is 2. The molecule has 1 aromatic carbocycles. The predicted molar refractivity (Wildman–Crippen MR) is 124 cm³/mol. The first-order valence-corrected chi connectivity index (χ1v) is 10.9. The minimum Gasteiger partial charge on any atom is -0.482 e. The van der Waals surface area contributed by atoms with Crippen LogP contribution in [0.5, 0.6) is 5.75 Å². The van der Waals surface area contributed by atoms with Gasteiger partial charge in [0, 0.05) is 63.3 Å². The Morgan fingerprint density at radius 2 is 1.97 bits per heavy atom. The molecule has 0 aliphatic carbocycles. The van der Waals surface area contributed by atoms with Crippen molar-refractivity contribution in [3.05, 3.63) is 70.1 Å². The molecule has 0 spiro atoms. The summed E-state index contributed by atoms with van der Waals surface area (Å²) < 4.78 is 6.08. The number of nitrogen functional groups attached to an aromatic ring is 1. The highest BCUT2D eigenvalue weighted by Gasteiger charge is 2.25. The Morgan fingerprint density at radius 1 is 1.16 bits per heavy atom. The van der Waals surface area contributed by atoms with Gasteiger partial charge in [0.25, 0.3) is 0 Å². The molecule has 0 saturated carbocycles. The number of aliphatic hydroxyl groups is 1. The van der Waals surface area contributed by atoms with Crippen LogP contribution < -0.4 is 15.8 Å². The number of benzene rings is 1. The van der Waals surface area contributed by atoms with Gasteiger partial charge in [0.15, 0.2) is 11.6 Å². The van der Waals surface area contributed by atoms with Gasteiger partial charge < -0.3 is 20.9 Å². The lowest BCUT2D eigenvalue weighted by atomic mass is 10.00. The van der Waals surface area contributed by atoms with Crippen LogP contribution in [-0.2, 0) is 0 Å². The average Bonchev–Trinajstić information content (AvgIpc) is 3.26. The number of nitrogens with zero attached hydrogens (tertiary/aromatic N) is 2. The number of nitrogens with two attached hydrogens (primary N) is 1. The Hall–Kier alpha value is -2.38. The molecule has 0 radical (unpaired) electrons. The molecule has 1 aliphatic rings. The van der Waals surface area contributed by atoms with E-state index in [9.17, 15) is 5.11 Å². The van der Waals surface area contributed by atoms with E-state index in [1.807, 2.05) is 31.3 Å². The molecule has 4 N–H and O–H groups in total. The molecule has 1 saturated heterocycles. The van der Waals surface area contributed by atoms with Crippen LogP contribution in [-0.4, -0.2) is 34.3 Å². The van der Waals surface area contributed by atoms with Crippen LogP contribution in [0, 0.1) is 0 Å². The van der Waals surface area contributed by atoms with Crippen LogP contribution in [0.2, 0.25) is 10.0 Å². The highest BCUT2D eigenvalue weighted by Crippen LogP contribution is 2.34. The van der Waals surface area contributed by atoms with Crippen LogP contribution in [0.25, 0.3) is 11.1 Å². The number of pyridine rings is 2. The SMILES string of the molecule is CC(Oc1cc(-c2ccc(C3CN[C@H](CO)C3)nc2)cnc1N)c1cc(Cl)ccc1Cl. The molecule has 31 heavy (non-hydrogen) atoms. The van der Waals surface area contributed by atoms with Gasteiger partial charge in [0.2, 0.25) is 0 Å². The Kier molecular flexibility index (Phi) is 6.62.